The number of amides is 4. The molecule has 0 saturated carbocycles. The molecule has 1 heterocycles. The number of rotatable bonds is 18. The van der Waals surface area contributed by atoms with Crippen LogP contribution in [-0.2, 0) is 41.9 Å². The van der Waals surface area contributed by atoms with Gasteiger partial charge in [-0.3, -0.25) is 19.2 Å². The van der Waals surface area contributed by atoms with Gasteiger partial charge in [0.15, 0.2) is 9.84 Å². The zero-order valence-electron chi connectivity index (χ0n) is 28.1. The summed E-state index contributed by atoms with van der Waals surface area (Å²) >= 11 is 0. The average Bonchev–Trinajstić information content (AvgIpc) is 3.06. The van der Waals surface area contributed by atoms with Crippen LogP contribution in [0.25, 0.3) is 0 Å². The lowest BCUT2D eigenvalue weighted by molar-refractivity contribution is -0.138. The van der Waals surface area contributed by atoms with Crippen molar-refractivity contribution in [3.63, 3.8) is 0 Å². The first-order valence-corrected chi connectivity index (χ1v) is 18.6. The third-order valence-corrected chi connectivity index (χ3v) is 10.00. The lowest BCUT2D eigenvalue weighted by Gasteiger charge is -2.32. The van der Waals surface area contributed by atoms with Gasteiger partial charge in [0, 0.05) is 13.1 Å². The zero-order chi connectivity index (χ0) is 35.1. The molecule has 2 aromatic rings. The first kappa shape index (κ1) is 38.6. The second kappa shape index (κ2) is 19.3. The Morgan fingerprint density at radius 2 is 1.29 bits per heavy atom. The van der Waals surface area contributed by atoms with Crippen LogP contribution in [0.4, 0.5) is 0 Å². The van der Waals surface area contributed by atoms with Crippen molar-refractivity contribution in [3.8, 4) is 0 Å². The summed E-state index contributed by atoms with van der Waals surface area (Å²) in [6.45, 7) is 4.38. The van der Waals surface area contributed by atoms with Crippen molar-refractivity contribution in [2.45, 2.75) is 83.0 Å². The molecule has 0 spiro atoms. The highest BCUT2D eigenvalue weighted by molar-refractivity contribution is 7.91. The number of nitrogens with one attached hydrogen (secondary N) is 3. The Bertz CT molecular complexity index is 1430. The molecule has 264 valence electrons. The van der Waals surface area contributed by atoms with Gasteiger partial charge < -0.3 is 32.3 Å². The molecular weight excluding hydrogens is 632 g/mol. The molecule has 48 heavy (non-hydrogen) atoms. The molecule has 13 heteroatoms. The fraction of sp³-hybridized carbons (Fsp3) is 0.543. The molecule has 7 N–H and O–H groups in total. The van der Waals surface area contributed by atoms with E-state index in [2.05, 4.69) is 16.0 Å². The third kappa shape index (κ3) is 13.0. The molecular formula is C35H52N6O6S. The molecule has 1 aliphatic heterocycles. The fourth-order valence-electron chi connectivity index (χ4n) is 5.61. The van der Waals surface area contributed by atoms with Crippen molar-refractivity contribution in [2.24, 2.45) is 17.4 Å². The predicted molar refractivity (Wildman–Crippen MR) is 186 cm³/mol. The van der Waals surface area contributed by atoms with Crippen molar-refractivity contribution in [2.75, 3.05) is 31.1 Å². The molecule has 4 atom stereocenters. The highest BCUT2D eigenvalue weighted by Gasteiger charge is 2.34. The maximum Gasteiger partial charge on any atom is 0.245 e. The fourth-order valence-corrected chi connectivity index (χ4v) is 6.82. The Morgan fingerprint density at radius 3 is 1.88 bits per heavy atom. The van der Waals surface area contributed by atoms with Gasteiger partial charge in [0.1, 0.15) is 18.1 Å². The minimum Gasteiger partial charge on any atom is -0.343 e. The summed E-state index contributed by atoms with van der Waals surface area (Å²) in [6.07, 6.45) is 2.90. The third-order valence-electron chi connectivity index (χ3n) is 8.39. The zero-order valence-corrected chi connectivity index (χ0v) is 28.9. The van der Waals surface area contributed by atoms with Gasteiger partial charge in [0.2, 0.25) is 23.6 Å². The Kier molecular flexibility index (Phi) is 15.5. The number of sulfone groups is 1. The van der Waals surface area contributed by atoms with Gasteiger partial charge in [-0.1, -0.05) is 74.5 Å². The number of nitrogens with two attached hydrogens (primary N) is 2. The van der Waals surface area contributed by atoms with Gasteiger partial charge in [-0.25, -0.2) is 8.42 Å². The molecule has 1 fully saturated rings. The van der Waals surface area contributed by atoms with Crippen LogP contribution in [0.3, 0.4) is 0 Å². The Morgan fingerprint density at radius 1 is 0.750 bits per heavy atom. The van der Waals surface area contributed by atoms with E-state index < -0.39 is 51.7 Å². The molecule has 0 radical (unpaired) electrons. The summed E-state index contributed by atoms with van der Waals surface area (Å²) < 4.78 is 23.9. The van der Waals surface area contributed by atoms with Crippen molar-refractivity contribution >= 4 is 33.5 Å². The van der Waals surface area contributed by atoms with Crippen molar-refractivity contribution < 1.29 is 27.6 Å². The van der Waals surface area contributed by atoms with Crippen LogP contribution in [0.1, 0.15) is 57.1 Å². The van der Waals surface area contributed by atoms with Crippen LogP contribution >= 0.6 is 0 Å². The van der Waals surface area contributed by atoms with Crippen molar-refractivity contribution in [1.82, 2.24) is 20.9 Å². The maximum atomic E-state index is 13.8. The molecule has 2 aromatic carbocycles. The van der Waals surface area contributed by atoms with Gasteiger partial charge in [-0.05, 0) is 68.5 Å². The number of aryl methyl sites for hydroxylation is 1. The van der Waals surface area contributed by atoms with E-state index in [0.717, 1.165) is 11.1 Å². The van der Waals surface area contributed by atoms with Crippen molar-refractivity contribution in [3.05, 3.63) is 71.8 Å². The quantitative estimate of drug-likeness (QED) is 0.144. The standard InChI is InChI=1S/C35H52N6O6S/c1-25(2)23-31(34(44)39-30(15-9-10-18-36)35(45)41-19-21-48(46,47)22-20-41)40-33(43)29(17-16-26-11-5-3-6-12-26)38-32(42)28(37)24-27-13-7-4-8-14-27/h3-8,11-14,25,28-31H,9-10,15-24,36-37H2,1-2H3,(H,38,42)(H,39,44)(H,40,43)/t28-,29-,30-,31-/m1/s1. The SMILES string of the molecule is CC(C)C[C@@H](NC(=O)[C@@H](CCc1ccccc1)NC(=O)[C@H](N)Cc1ccccc1)C(=O)N[C@H](CCCCN)C(=O)N1CCS(=O)(=O)CC1. The van der Waals surface area contributed by atoms with Gasteiger partial charge in [-0.2, -0.15) is 0 Å². The molecule has 1 saturated heterocycles. The summed E-state index contributed by atoms with van der Waals surface area (Å²) in [5.41, 5.74) is 13.8. The monoisotopic (exact) mass is 684 g/mol. The second-order valence-electron chi connectivity index (χ2n) is 12.9. The van der Waals surface area contributed by atoms with Gasteiger partial charge in [-0.15, -0.1) is 0 Å². The second-order valence-corrected chi connectivity index (χ2v) is 15.2. The molecule has 0 aliphatic carbocycles. The molecule has 0 aromatic heterocycles. The van der Waals surface area contributed by atoms with E-state index in [1.54, 1.807) is 0 Å². The summed E-state index contributed by atoms with van der Waals surface area (Å²) in [6, 6.07) is 15.2. The predicted octanol–water partition coefficient (Wildman–Crippen LogP) is 1.08. The van der Waals surface area contributed by atoms with E-state index in [1.807, 2.05) is 74.5 Å². The maximum absolute atomic E-state index is 13.8. The lowest BCUT2D eigenvalue weighted by Crippen LogP contribution is -2.59. The molecule has 0 unspecified atom stereocenters. The highest BCUT2D eigenvalue weighted by Crippen LogP contribution is 2.13. The van der Waals surface area contributed by atoms with Crippen LogP contribution in [0.15, 0.2) is 60.7 Å². The number of carbonyl (C=O) groups excluding carboxylic acids is 4. The normalized spacial score (nSPS) is 16.7. The largest absolute Gasteiger partial charge is 0.343 e. The Labute approximate surface area is 284 Å². The number of nitrogens with zero attached hydrogens (tertiary/aromatic N) is 1. The molecule has 12 nitrogen and oxygen atoms in total. The first-order chi connectivity index (χ1) is 22.9. The highest BCUT2D eigenvalue weighted by atomic mass is 32.2. The number of unbranched alkanes of at least 4 members (excludes halogenated alkanes) is 1. The Hall–Kier alpha value is -3.81. The molecule has 3 rings (SSSR count). The van der Waals surface area contributed by atoms with E-state index in [0.29, 0.717) is 38.6 Å². The van der Waals surface area contributed by atoms with E-state index in [9.17, 15) is 27.6 Å². The minimum absolute atomic E-state index is 0.0106. The Balaban J connectivity index is 1.76. The molecule has 0 bridgehead atoms. The lowest BCUT2D eigenvalue weighted by atomic mass is 9.99. The number of hydrogen-bond donors (Lipinski definition) is 5. The van der Waals surface area contributed by atoms with Crippen LogP contribution < -0.4 is 27.4 Å². The van der Waals surface area contributed by atoms with E-state index >= 15 is 0 Å². The van der Waals surface area contributed by atoms with Crippen LogP contribution in [0, 0.1) is 5.92 Å². The smallest absolute Gasteiger partial charge is 0.245 e. The van der Waals surface area contributed by atoms with Crippen LogP contribution in [0.2, 0.25) is 0 Å². The topological polar surface area (TPSA) is 194 Å². The number of hydrogen-bond acceptors (Lipinski definition) is 8. The van der Waals surface area contributed by atoms with Crippen LogP contribution in [-0.4, -0.2) is 92.3 Å². The van der Waals surface area contributed by atoms with Gasteiger partial charge in [0.05, 0.1) is 17.5 Å². The first-order valence-electron chi connectivity index (χ1n) is 16.8. The van der Waals surface area contributed by atoms with Crippen molar-refractivity contribution in [1.29, 1.82) is 0 Å². The van der Waals surface area contributed by atoms with Crippen LogP contribution in [0.5, 0.6) is 0 Å². The van der Waals surface area contributed by atoms with E-state index in [1.165, 1.54) is 4.90 Å². The number of carbonyl (C=O) groups is 4. The molecule has 4 amide bonds. The van der Waals surface area contributed by atoms with E-state index in [4.69, 9.17) is 11.5 Å². The summed E-state index contributed by atoms with van der Waals surface area (Å²) in [7, 11) is -3.20. The van der Waals surface area contributed by atoms with E-state index in [-0.39, 0.29) is 49.3 Å². The summed E-state index contributed by atoms with van der Waals surface area (Å²) in [5, 5.41) is 8.51. The molecule has 1 aliphatic rings. The summed E-state index contributed by atoms with van der Waals surface area (Å²) in [4.78, 5) is 55.8. The van der Waals surface area contributed by atoms with Gasteiger partial charge in [0.25, 0.3) is 0 Å². The van der Waals surface area contributed by atoms with Gasteiger partial charge >= 0.3 is 0 Å². The summed E-state index contributed by atoms with van der Waals surface area (Å²) in [5.74, 6) is -2.13. The minimum atomic E-state index is -3.20. The average molecular weight is 685 g/mol. The number of benzene rings is 2.